The van der Waals surface area contributed by atoms with Crippen LogP contribution >= 0.6 is 0 Å². The molecule has 82 valence electrons. The van der Waals surface area contributed by atoms with E-state index in [9.17, 15) is 4.79 Å². The fourth-order valence-corrected chi connectivity index (χ4v) is 1.71. The SMILES string of the molecule is CC(N)C(C)C(=O)CC1CCOCC1. The average Bonchev–Trinajstić information content (AvgIpc) is 2.18. The molecule has 0 radical (unpaired) electrons. The zero-order valence-electron chi connectivity index (χ0n) is 9.16. The lowest BCUT2D eigenvalue weighted by Crippen LogP contribution is -2.32. The number of hydrogen-bond acceptors (Lipinski definition) is 3. The molecule has 3 heteroatoms. The number of carbonyl (C=O) groups excluding carboxylic acids is 1. The first-order chi connectivity index (χ1) is 6.61. The molecular weight excluding hydrogens is 178 g/mol. The predicted octanol–water partition coefficient (Wildman–Crippen LogP) is 1.36. The second kappa shape index (κ2) is 5.47. The van der Waals surface area contributed by atoms with E-state index in [4.69, 9.17) is 10.5 Å². The van der Waals surface area contributed by atoms with Gasteiger partial charge in [-0.3, -0.25) is 4.79 Å². The van der Waals surface area contributed by atoms with E-state index in [0.29, 0.717) is 18.1 Å². The maximum atomic E-state index is 11.7. The topological polar surface area (TPSA) is 52.3 Å². The van der Waals surface area contributed by atoms with Crippen LogP contribution in [0.5, 0.6) is 0 Å². The van der Waals surface area contributed by atoms with Crippen LogP contribution in [0.4, 0.5) is 0 Å². The van der Waals surface area contributed by atoms with Gasteiger partial charge in [0.15, 0.2) is 0 Å². The molecule has 2 atom stereocenters. The van der Waals surface area contributed by atoms with E-state index in [1.807, 2.05) is 13.8 Å². The summed E-state index contributed by atoms with van der Waals surface area (Å²) in [7, 11) is 0. The summed E-state index contributed by atoms with van der Waals surface area (Å²) in [5.41, 5.74) is 5.70. The van der Waals surface area contributed by atoms with Gasteiger partial charge >= 0.3 is 0 Å². The summed E-state index contributed by atoms with van der Waals surface area (Å²) in [6.07, 6.45) is 2.74. The average molecular weight is 199 g/mol. The Morgan fingerprint density at radius 1 is 1.43 bits per heavy atom. The lowest BCUT2D eigenvalue weighted by atomic mass is 9.88. The van der Waals surface area contributed by atoms with Crippen molar-refractivity contribution in [2.75, 3.05) is 13.2 Å². The van der Waals surface area contributed by atoms with Crippen LogP contribution in [0, 0.1) is 11.8 Å². The monoisotopic (exact) mass is 199 g/mol. The van der Waals surface area contributed by atoms with Crippen LogP contribution in [0.15, 0.2) is 0 Å². The Labute approximate surface area is 86.0 Å². The highest BCUT2D eigenvalue weighted by atomic mass is 16.5. The van der Waals surface area contributed by atoms with Crippen LogP contribution < -0.4 is 5.73 Å². The Morgan fingerprint density at radius 2 is 2.00 bits per heavy atom. The van der Waals surface area contributed by atoms with Crippen LogP contribution in [0.2, 0.25) is 0 Å². The lowest BCUT2D eigenvalue weighted by molar-refractivity contribution is -0.124. The van der Waals surface area contributed by atoms with Crippen molar-refractivity contribution in [2.45, 2.75) is 39.2 Å². The molecule has 0 aromatic carbocycles. The Morgan fingerprint density at radius 3 is 2.50 bits per heavy atom. The molecule has 0 aromatic heterocycles. The van der Waals surface area contributed by atoms with Crippen molar-refractivity contribution in [3.05, 3.63) is 0 Å². The van der Waals surface area contributed by atoms with Gasteiger partial charge in [-0.25, -0.2) is 0 Å². The summed E-state index contributed by atoms with van der Waals surface area (Å²) >= 11 is 0. The summed E-state index contributed by atoms with van der Waals surface area (Å²) in [6, 6.07) is -0.0256. The summed E-state index contributed by atoms with van der Waals surface area (Å²) in [5.74, 6) is 0.835. The van der Waals surface area contributed by atoms with Crippen molar-refractivity contribution in [3.8, 4) is 0 Å². The molecule has 3 nitrogen and oxygen atoms in total. The number of nitrogens with two attached hydrogens (primary N) is 1. The maximum Gasteiger partial charge on any atom is 0.137 e. The first kappa shape index (κ1) is 11.7. The molecule has 0 amide bonds. The highest BCUT2D eigenvalue weighted by Gasteiger charge is 2.22. The Balaban J connectivity index is 2.31. The third kappa shape index (κ3) is 3.39. The van der Waals surface area contributed by atoms with Crippen LogP contribution in [0.3, 0.4) is 0 Å². The van der Waals surface area contributed by atoms with Crippen molar-refractivity contribution >= 4 is 5.78 Å². The van der Waals surface area contributed by atoms with Gasteiger partial charge in [0, 0.05) is 31.6 Å². The lowest BCUT2D eigenvalue weighted by Gasteiger charge is -2.23. The molecular formula is C11H21NO2. The predicted molar refractivity (Wildman–Crippen MR) is 56.0 cm³/mol. The molecule has 14 heavy (non-hydrogen) atoms. The number of ketones is 1. The van der Waals surface area contributed by atoms with Gasteiger partial charge in [-0.15, -0.1) is 0 Å². The van der Waals surface area contributed by atoms with Gasteiger partial charge in [-0.1, -0.05) is 6.92 Å². The minimum absolute atomic E-state index is 0.00200. The summed E-state index contributed by atoms with van der Waals surface area (Å²) < 4.78 is 5.25. The van der Waals surface area contributed by atoms with Gasteiger partial charge in [0.1, 0.15) is 5.78 Å². The number of Topliss-reactive ketones (excluding diaryl/α,β-unsaturated/α-hetero) is 1. The van der Waals surface area contributed by atoms with Gasteiger partial charge in [-0.2, -0.15) is 0 Å². The standard InChI is InChI=1S/C11H21NO2/c1-8(9(2)12)11(13)7-10-3-5-14-6-4-10/h8-10H,3-7,12H2,1-2H3. The second-order valence-corrected chi connectivity index (χ2v) is 4.37. The Hall–Kier alpha value is -0.410. The molecule has 2 N–H and O–H groups in total. The van der Waals surface area contributed by atoms with Crippen LogP contribution in [0.1, 0.15) is 33.1 Å². The molecule has 0 aliphatic carbocycles. The molecule has 0 saturated carbocycles. The molecule has 1 aliphatic heterocycles. The minimum Gasteiger partial charge on any atom is -0.381 e. The van der Waals surface area contributed by atoms with Crippen LogP contribution in [-0.2, 0) is 9.53 Å². The highest BCUT2D eigenvalue weighted by Crippen LogP contribution is 2.21. The fraction of sp³-hybridized carbons (Fsp3) is 0.909. The normalized spacial score (nSPS) is 23.1. The van der Waals surface area contributed by atoms with Crippen molar-refractivity contribution in [3.63, 3.8) is 0 Å². The van der Waals surface area contributed by atoms with Crippen LogP contribution in [0.25, 0.3) is 0 Å². The van der Waals surface area contributed by atoms with Gasteiger partial charge in [0.25, 0.3) is 0 Å². The first-order valence-electron chi connectivity index (χ1n) is 5.47. The molecule has 1 rings (SSSR count). The third-order valence-electron chi connectivity index (χ3n) is 3.13. The number of rotatable bonds is 4. The fourth-order valence-electron chi connectivity index (χ4n) is 1.71. The van der Waals surface area contributed by atoms with E-state index in [-0.39, 0.29) is 12.0 Å². The molecule has 0 spiro atoms. The van der Waals surface area contributed by atoms with Crippen molar-refractivity contribution in [1.82, 2.24) is 0 Å². The maximum absolute atomic E-state index is 11.7. The zero-order valence-corrected chi connectivity index (χ0v) is 9.16. The second-order valence-electron chi connectivity index (χ2n) is 4.37. The van der Waals surface area contributed by atoms with E-state index in [2.05, 4.69) is 0 Å². The van der Waals surface area contributed by atoms with E-state index in [1.54, 1.807) is 0 Å². The van der Waals surface area contributed by atoms with E-state index in [0.717, 1.165) is 26.1 Å². The summed E-state index contributed by atoms with van der Waals surface area (Å²) in [6.45, 7) is 5.44. The molecule has 0 bridgehead atoms. The summed E-state index contributed by atoms with van der Waals surface area (Å²) in [5, 5.41) is 0. The molecule has 2 unspecified atom stereocenters. The Bertz CT molecular complexity index is 186. The molecule has 1 aliphatic rings. The third-order valence-corrected chi connectivity index (χ3v) is 3.13. The van der Waals surface area contributed by atoms with Gasteiger partial charge in [-0.05, 0) is 25.7 Å². The summed E-state index contributed by atoms with van der Waals surface area (Å²) in [4.78, 5) is 11.7. The van der Waals surface area contributed by atoms with Crippen molar-refractivity contribution in [2.24, 2.45) is 17.6 Å². The quantitative estimate of drug-likeness (QED) is 0.743. The van der Waals surface area contributed by atoms with Crippen molar-refractivity contribution < 1.29 is 9.53 Å². The van der Waals surface area contributed by atoms with Crippen molar-refractivity contribution in [1.29, 1.82) is 0 Å². The highest BCUT2D eigenvalue weighted by molar-refractivity contribution is 5.81. The van der Waals surface area contributed by atoms with E-state index < -0.39 is 0 Å². The largest absolute Gasteiger partial charge is 0.381 e. The van der Waals surface area contributed by atoms with Gasteiger partial charge in [0.05, 0.1) is 0 Å². The number of ether oxygens (including phenoxy) is 1. The minimum atomic E-state index is -0.0256. The van der Waals surface area contributed by atoms with Gasteiger partial charge in [0.2, 0.25) is 0 Å². The molecule has 0 aromatic rings. The van der Waals surface area contributed by atoms with E-state index >= 15 is 0 Å². The zero-order chi connectivity index (χ0) is 10.6. The van der Waals surface area contributed by atoms with Gasteiger partial charge < -0.3 is 10.5 Å². The van der Waals surface area contributed by atoms with E-state index in [1.165, 1.54) is 0 Å². The number of carbonyl (C=O) groups is 1. The molecule has 1 fully saturated rings. The van der Waals surface area contributed by atoms with Crippen LogP contribution in [-0.4, -0.2) is 25.0 Å². The smallest absolute Gasteiger partial charge is 0.137 e. The number of hydrogen-bond donors (Lipinski definition) is 1. The Kier molecular flexibility index (Phi) is 4.55. The first-order valence-corrected chi connectivity index (χ1v) is 5.47. The molecule has 1 saturated heterocycles. The molecule has 1 heterocycles.